The van der Waals surface area contributed by atoms with Gasteiger partial charge < -0.3 is 35.1 Å². The molecule has 1 saturated heterocycles. The number of carbonyl (C=O) groups excluding carboxylic acids is 1. The first-order chi connectivity index (χ1) is 16.5. The number of fused-ring (bicyclic) bond motifs is 1. The molecule has 0 unspecified atom stereocenters. The average molecular weight is 467 g/mol. The number of urea groups is 1. The second-order valence-corrected chi connectivity index (χ2v) is 7.88. The van der Waals surface area contributed by atoms with Crippen LogP contribution in [-0.2, 0) is 0 Å². The highest BCUT2D eigenvalue weighted by molar-refractivity contribution is 5.92. The maximum Gasteiger partial charge on any atom is 0.322 e. The summed E-state index contributed by atoms with van der Waals surface area (Å²) < 4.78 is 16.5. The Labute approximate surface area is 198 Å². The van der Waals surface area contributed by atoms with Gasteiger partial charge in [-0.15, -0.1) is 0 Å². The molecule has 2 heterocycles. The van der Waals surface area contributed by atoms with Crippen LogP contribution >= 0.6 is 0 Å². The van der Waals surface area contributed by atoms with Gasteiger partial charge in [0.25, 0.3) is 0 Å². The maximum absolute atomic E-state index is 12.9. The Hall–Kier alpha value is -3.95. The molecule has 0 saturated carbocycles. The van der Waals surface area contributed by atoms with E-state index in [1.54, 1.807) is 31.3 Å². The van der Waals surface area contributed by atoms with E-state index in [4.69, 9.17) is 19.9 Å². The van der Waals surface area contributed by atoms with E-state index in [0.717, 1.165) is 6.42 Å². The molecule has 1 aliphatic rings. The van der Waals surface area contributed by atoms with Crippen molar-refractivity contribution in [1.82, 2.24) is 14.9 Å². The Balaban J connectivity index is 1.44. The highest BCUT2D eigenvalue weighted by atomic mass is 16.5. The van der Waals surface area contributed by atoms with E-state index < -0.39 is 0 Å². The monoisotopic (exact) mass is 466 g/mol. The summed E-state index contributed by atoms with van der Waals surface area (Å²) in [6.45, 7) is 4.85. The largest absolute Gasteiger partial charge is 0.493 e. The number of methoxy groups -OCH3 is 2. The molecule has 0 atom stereocenters. The average Bonchev–Trinajstić information content (AvgIpc) is 2.87. The fourth-order valence-corrected chi connectivity index (χ4v) is 3.82. The highest BCUT2D eigenvalue weighted by Gasteiger charge is 2.24. The van der Waals surface area contributed by atoms with Gasteiger partial charge in [0.2, 0.25) is 5.95 Å². The number of carbonyl (C=O) groups is 1. The first kappa shape index (κ1) is 23.2. The summed E-state index contributed by atoms with van der Waals surface area (Å²) in [5.41, 5.74) is 7.56. The lowest BCUT2D eigenvalue weighted by atomic mass is 10.2. The molecule has 10 heteroatoms. The van der Waals surface area contributed by atoms with E-state index in [9.17, 15) is 4.79 Å². The minimum Gasteiger partial charge on any atom is -0.493 e. The molecule has 34 heavy (non-hydrogen) atoms. The molecule has 3 aromatic rings. The van der Waals surface area contributed by atoms with E-state index in [-0.39, 0.29) is 6.03 Å². The Morgan fingerprint density at radius 3 is 2.44 bits per heavy atom. The van der Waals surface area contributed by atoms with Gasteiger partial charge in [-0.2, -0.15) is 4.98 Å². The van der Waals surface area contributed by atoms with Crippen LogP contribution in [0.25, 0.3) is 10.9 Å². The van der Waals surface area contributed by atoms with Crippen molar-refractivity contribution in [3.8, 4) is 17.2 Å². The van der Waals surface area contributed by atoms with Crippen molar-refractivity contribution in [2.75, 3.05) is 63.0 Å². The zero-order valence-electron chi connectivity index (χ0n) is 19.7. The lowest BCUT2D eigenvalue weighted by Gasteiger charge is -2.35. The van der Waals surface area contributed by atoms with Crippen LogP contribution in [-0.4, -0.2) is 67.9 Å². The lowest BCUT2D eigenvalue weighted by Crippen LogP contribution is -2.50. The van der Waals surface area contributed by atoms with Crippen LogP contribution in [0.4, 0.5) is 22.2 Å². The van der Waals surface area contributed by atoms with Crippen molar-refractivity contribution in [2.24, 2.45) is 0 Å². The van der Waals surface area contributed by atoms with Gasteiger partial charge in [0, 0.05) is 37.6 Å². The zero-order chi connectivity index (χ0) is 24.1. The third kappa shape index (κ3) is 4.85. The van der Waals surface area contributed by atoms with E-state index in [1.807, 2.05) is 36.1 Å². The van der Waals surface area contributed by atoms with Gasteiger partial charge in [-0.05, 0) is 24.6 Å². The van der Waals surface area contributed by atoms with Gasteiger partial charge in [-0.25, -0.2) is 9.78 Å². The van der Waals surface area contributed by atoms with E-state index >= 15 is 0 Å². The molecular formula is C24H30N6O4. The number of hydrogen-bond donors (Lipinski definition) is 2. The fourth-order valence-electron chi connectivity index (χ4n) is 3.82. The second-order valence-electron chi connectivity index (χ2n) is 7.88. The number of para-hydroxylation sites is 2. The number of nitrogens with zero attached hydrogens (tertiary/aromatic N) is 4. The fraction of sp³-hybridized carbons (Fsp3) is 0.375. The standard InChI is InChI=1S/C24H30N6O4/c1-4-13-34-19-8-6-5-7-17(19)27-24(31)30-11-9-29(10-12-30)23-26-18-15-21(33-3)20(32-2)14-16(18)22(25)28-23/h5-8,14-15H,4,9-13H2,1-3H3,(H,27,31)(H2,25,26,28). The van der Waals surface area contributed by atoms with E-state index in [2.05, 4.69) is 15.3 Å². The number of nitrogens with one attached hydrogen (secondary N) is 1. The van der Waals surface area contributed by atoms with Gasteiger partial charge in [-0.1, -0.05) is 19.1 Å². The smallest absolute Gasteiger partial charge is 0.322 e. The van der Waals surface area contributed by atoms with Crippen LogP contribution in [0, 0.1) is 0 Å². The lowest BCUT2D eigenvalue weighted by molar-refractivity contribution is 0.207. The highest BCUT2D eigenvalue weighted by Crippen LogP contribution is 2.34. The quantitative estimate of drug-likeness (QED) is 0.545. The molecule has 1 aromatic heterocycles. The first-order valence-corrected chi connectivity index (χ1v) is 11.3. The predicted molar refractivity (Wildman–Crippen MR) is 132 cm³/mol. The van der Waals surface area contributed by atoms with Crippen LogP contribution in [0.2, 0.25) is 0 Å². The van der Waals surface area contributed by atoms with Gasteiger partial charge in [0.05, 0.1) is 32.0 Å². The summed E-state index contributed by atoms with van der Waals surface area (Å²) in [6.07, 6.45) is 0.895. The van der Waals surface area contributed by atoms with Gasteiger partial charge in [0.15, 0.2) is 11.5 Å². The topological polar surface area (TPSA) is 115 Å². The maximum atomic E-state index is 12.9. The number of ether oxygens (including phenoxy) is 3. The summed E-state index contributed by atoms with van der Waals surface area (Å²) in [7, 11) is 3.15. The van der Waals surface area contributed by atoms with E-state index in [1.165, 1.54) is 0 Å². The van der Waals surface area contributed by atoms with Crippen LogP contribution in [0.3, 0.4) is 0 Å². The molecular weight excluding hydrogens is 436 g/mol. The number of anilines is 3. The van der Waals surface area contributed by atoms with Crippen LogP contribution in [0.1, 0.15) is 13.3 Å². The molecule has 10 nitrogen and oxygen atoms in total. The third-order valence-corrected chi connectivity index (χ3v) is 5.66. The summed E-state index contributed by atoms with van der Waals surface area (Å²) in [5, 5.41) is 3.66. The van der Waals surface area contributed by atoms with Gasteiger partial charge in [0.1, 0.15) is 11.6 Å². The van der Waals surface area contributed by atoms with Crippen LogP contribution < -0.4 is 30.2 Å². The van der Waals surface area contributed by atoms with Crippen molar-refractivity contribution in [1.29, 1.82) is 0 Å². The molecule has 0 bridgehead atoms. The first-order valence-electron chi connectivity index (χ1n) is 11.3. The number of aromatic nitrogens is 2. The SMILES string of the molecule is CCCOc1ccccc1NC(=O)N1CCN(c2nc(N)c3cc(OC)c(OC)cc3n2)CC1. The van der Waals surface area contributed by atoms with Crippen molar-refractivity contribution >= 4 is 34.4 Å². The van der Waals surface area contributed by atoms with Crippen LogP contribution in [0.5, 0.6) is 17.2 Å². The number of nitrogen functional groups attached to an aromatic ring is 1. The zero-order valence-corrected chi connectivity index (χ0v) is 19.7. The molecule has 3 N–H and O–H groups in total. The van der Waals surface area contributed by atoms with Crippen molar-refractivity contribution in [2.45, 2.75) is 13.3 Å². The molecule has 0 aliphatic carbocycles. The van der Waals surface area contributed by atoms with Crippen molar-refractivity contribution in [3.05, 3.63) is 36.4 Å². The Morgan fingerprint density at radius 1 is 1.03 bits per heavy atom. The number of nitrogens with two attached hydrogens (primary N) is 1. The summed E-state index contributed by atoms with van der Waals surface area (Å²) >= 11 is 0. The molecule has 4 rings (SSSR count). The second kappa shape index (κ2) is 10.3. The predicted octanol–water partition coefficient (Wildman–Crippen LogP) is 3.37. The van der Waals surface area contributed by atoms with E-state index in [0.29, 0.717) is 78.4 Å². The molecule has 2 amide bonds. The third-order valence-electron chi connectivity index (χ3n) is 5.66. The number of benzene rings is 2. The molecule has 1 aliphatic heterocycles. The summed E-state index contributed by atoms with van der Waals surface area (Å²) in [4.78, 5) is 25.8. The molecule has 180 valence electrons. The molecule has 2 aromatic carbocycles. The summed E-state index contributed by atoms with van der Waals surface area (Å²) in [6, 6.07) is 10.9. The molecule has 1 fully saturated rings. The van der Waals surface area contributed by atoms with Crippen LogP contribution in [0.15, 0.2) is 36.4 Å². The minimum absolute atomic E-state index is 0.164. The number of rotatable bonds is 7. The normalized spacial score (nSPS) is 13.6. The Morgan fingerprint density at radius 2 is 1.74 bits per heavy atom. The summed E-state index contributed by atoms with van der Waals surface area (Å²) in [5.74, 6) is 2.70. The number of amides is 2. The number of hydrogen-bond acceptors (Lipinski definition) is 8. The van der Waals surface area contributed by atoms with Gasteiger partial charge in [-0.3, -0.25) is 0 Å². The number of piperazine rings is 1. The van der Waals surface area contributed by atoms with Crippen molar-refractivity contribution < 1.29 is 19.0 Å². The van der Waals surface area contributed by atoms with Gasteiger partial charge >= 0.3 is 6.03 Å². The minimum atomic E-state index is -0.164. The van der Waals surface area contributed by atoms with Crippen molar-refractivity contribution in [3.63, 3.8) is 0 Å². The Kier molecular flexibility index (Phi) is 7.05. The molecule has 0 radical (unpaired) electrons. The Bertz CT molecular complexity index is 1160. The molecule has 0 spiro atoms.